The summed E-state index contributed by atoms with van der Waals surface area (Å²) in [5.74, 6) is 0.0427. The highest BCUT2D eigenvalue weighted by Gasteiger charge is 2.24. The SMILES string of the molecule is CCC(c1ccccc1)C(Cl)c1c(C)cc(F)cc1C. The molecule has 0 radical (unpaired) electrons. The molecule has 0 aromatic heterocycles. The zero-order valence-corrected chi connectivity index (χ0v) is 12.9. The molecule has 2 rings (SSSR count). The van der Waals surface area contributed by atoms with Crippen LogP contribution in [0.5, 0.6) is 0 Å². The van der Waals surface area contributed by atoms with Crippen molar-refractivity contribution < 1.29 is 4.39 Å². The van der Waals surface area contributed by atoms with E-state index in [2.05, 4.69) is 19.1 Å². The lowest BCUT2D eigenvalue weighted by molar-refractivity contribution is 0.613. The van der Waals surface area contributed by atoms with E-state index in [1.165, 1.54) is 5.56 Å². The number of halogens is 2. The predicted molar refractivity (Wildman–Crippen MR) is 83.9 cm³/mol. The molecule has 0 saturated heterocycles. The van der Waals surface area contributed by atoms with Crippen LogP contribution in [0.25, 0.3) is 0 Å². The topological polar surface area (TPSA) is 0 Å². The second-order valence-corrected chi connectivity index (χ2v) is 5.75. The first-order valence-electron chi connectivity index (χ1n) is 7.00. The van der Waals surface area contributed by atoms with Crippen molar-refractivity contribution in [3.8, 4) is 0 Å². The summed E-state index contributed by atoms with van der Waals surface area (Å²) in [6.07, 6.45) is 0.953. The maximum atomic E-state index is 13.4. The average molecular weight is 291 g/mol. The van der Waals surface area contributed by atoms with Gasteiger partial charge in [0, 0.05) is 5.92 Å². The van der Waals surface area contributed by atoms with Gasteiger partial charge in [-0.2, -0.15) is 0 Å². The van der Waals surface area contributed by atoms with Gasteiger partial charge in [-0.15, -0.1) is 11.6 Å². The van der Waals surface area contributed by atoms with Crippen LogP contribution in [0.15, 0.2) is 42.5 Å². The minimum Gasteiger partial charge on any atom is -0.207 e. The molecule has 106 valence electrons. The first-order chi connectivity index (χ1) is 9.54. The Morgan fingerprint density at radius 3 is 2.10 bits per heavy atom. The quantitative estimate of drug-likeness (QED) is 0.613. The van der Waals surface area contributed by atoms with Crippen LogP contribution in [0, 0.1) is 19.7 Å². The van der Waals surface area contributed by atoms with E-state index in [9.17, 15) is 4.39 Å². The van der Waals surface area contributed by atoms with Crippen LogP contribution in [0.4, 0.5) is 4.39 Å². The van der Waals surface area contributed by atoms with Gasteiger partial charge in [0.2, 0.25) is 0 Å². The summed E-state index contributed by atoms with van der Waals surface area (Å²) in [6, 6.07) is 13.4. The molecule has 2 atom stereocenters. The number of hydrogen-bond donors (Lipinski definition) is 0. The molecule has 20 heavy (non-hydrogen) atoms. The number of benzene rings is 2. The Morgan fingerprint density at radius 1 is 1.05 bits per heavy atom. The molecule has 0 spiro atoms. The number of rotatable bonds is 4. The fraction of sp³-hybridized carbons (Fsp3) is 0.333. The Hall–Kier alpha value is -1.34. The third kappa shape index (κ3) is 3.04. The van der Waals surface area contributed by atoms with Gasteiger partial charge in [-0.25, -0.2) is 4.39 Å². The average Bonchev–Trinajstić information content (AvgIpc) is 2.39. The van der Waals surface area contributed by atoms with Gasteiger partial charge >= 0.3 is 0 Å². The highest BCUT2D eigenvalue weighted by Crippen LogP contribution is 2.41. The molecule has 0 nitrogen and oxygen atoms in total. The smallest absolute Gasteiger partial charge is 0.123 e. The van der Waals surface area contributed by atoms with E-state index < -0.39 is 0 Å². The Balaban J connectivity index is 2.42. The molecule has 2 aromatic rings. The summed E-state index contributed by atoms with van der Waals surface area (Å²) < 4.78 is 13.4. The highest BCUT2D eigenvalue weighted by molar-refractivity contribution is 6.21. The van der Waals surface area contributed by atoms with Gasteiger partial charge < -0.3 is 0 Å². The monoisotopic (exact) mass is 290 g/mol. The van der Waals surface area contributed by atoms with Crippen molar-refractivity contribution in [3.63, 3.8) is 0 Å². The van der Waals surface area contributed by atoms with Crippen molar-refractivity contribution in [3.05, 3.63) is 70.5 Å². The zero-order chi connectivity index (χ0) is 14.7. The van der Waals surface area contributed by atoms with Gasteiger partial charge in [0.1, 0.15) is 5.82 Å². The summed E-state index contributed by atoms with van der Waals surface area (Å²) in [5.41, 5.74) is 4.15. The van der Waals surface area contributed by atoms with Crippen molar-refractivity contribution in [2.75, 3.05) is 0 Å². The third-order valence-electron chi connectivity index (χ3n) is 3.86. The molecule has 2 unspecified atom stereocenters. The van der Waals surface area contributed by atoms with Gasteiger partial charge in [-0.05, 0) is 54.7 Å². The Morgan fingerprint density at radius 2 is 1.60 bits per heavy atom. The zero-order valence-electron chi connectivity index (χ0n) is 12.2. The molecular formula is C18H20ClF. The Kier molecular flexibility index (Phi) is 4.82. The van der Waals surface area contributed by atoms with Gasteiger partial charge in [0.15, 0.2) is 0 Å². The first kappa shape index (κ1) is 15.1. The molecule has 0 aliphatic carbocycles. The predicted octanol–water partition coefficient (Wildman–Crippen LogP) is 5.92. The minimum atomic E-state index is -0.194. The number of hydrogen-bond acceptors (Lipinski definition) is 0. The molecule has 0 heterocycles. The lowest BCUT2D eigenvalue weighted by Gasteiger charge is -2.25. The second-order valence-electron chi connectivity index (χ2n) is 5.28. The molecule has 2 heteroatoms. The van der Waals surface area contributed by atoms with Gasteiger partial charge in [0.05, 0.1) is 5.38 Å². The van der Waals surface area contributed by atoms with E-state index in [-0.39, 0.29) is 17.1 Å². The number of alkyl halides is 1. The van der Waals surface area contributed by atoms with E-state index in [1.54, 1.807) is 12.1 Å². The highest BCUT2D eigenvalue weighted by atomic mass is 35.5. The summed E-state index contributed by atoms with van der Waals surface area (Å²) in [5, 5.41) is -0.136. The van der Waals surface area contributed by atoms with Crippen molar-refractivity contribution in [1.82, 2.24) is 0 Å². The van der Waals surface area contributed by atoms with Crippen LogP contribution in [-0.2, 0) is 0 Å². The van der Waals surface area contributed by atoms with E-state index in [1.807, 2.05) is 32.0 Å². The standard InChI is InChI=1S/C18H20ClF/c1-4-16(14-8-6-5-7-9-14)18(19)17-12(2)10-15(20)11-13(17)3/h5-11,16,18H,4H2,1-3H3. The van der Waals surface area contributed by atoms with Crippen molar-refractivity contribution >= 4 is 11.6 Å². The molecule has 0 aliphatic heterocycles. The van der Waals surface area contributed by atoms with Crippen LogP contribution in [-0.4, -0.2) is 0 Å². The van der Waals surface area contributed by atoms with Gasteiger partial charge in [-0.3, -0.25) is 0 Å². The van der Waals surface area contributed by atoms with E-state index in [4.69, 9.17) is 11.6 Å². The molecule has 2 aromatic carbocycles. The fourth-order valence-corrected chi connectivity index (χ4v) is 3.54. The summed E-state index contributed by atoms with van der Waals surface area (Å²) in [4.78, 5) is 0. The number of aryl methyl sites for hydroxylation is 2. The minimum absolute atomic E-state index is 0.136. The Bertz CT molecular complexity index is 554. The molecule has 0 amide bonds. The van der Waals surface area contributed by atoms with Crippen LogP contribution >= 0.6 is 11.6 Å². The van der Waals surface area contributed by atoms with Crippen molar-refractivity contribution in [2.24, 2.45) is 0 Å². The largest absolute Gasteiger partial charge is 0.207 e. The fourth-order valence-electron chi connectivity index (χ4n) is 2.87. The lowest BCUT2D eigenvalue weighted by Crippen LogP contribution is -2.09. The molecule has 0 saturated carbocycles. The van der Waals surface area contributed by atoms with Crippen molar-refractivity contribution in [1.29, 1.82) is 0 Å². The maximum Gasteiger partial charge on any atom is 0.123 e. The molecule has 0 N–H and O–H groups in total. The normalized spacial score (nSPS) is 14.1. The van der Waals surface area contributed by atoms with E-state index >= 15 is 0 Å². The third-order valence-corrected chi connectivity index (χ3v) is 4.38. The Labute approximate surface area is 125 Å². The van der Waals surface area contributed by atoms with Gasteiger partial charge in [0.25, 0.3) is 0 Å². The van der Waals surface area contributed by atoms with E-state index in [0.29, 0.717) is 0 Å². The summed E-state index contributed by atoms with van der Waals surface area (Å²) in [7, 11) is 0. The van der Waals surface area contributed by atoms with Crippen molar-refractivity contribution in [2.45, 2.75) is 38.5 Å². The van der Waals surface area contributed by atoms with Crippen LogP contribution in [0.1, 0.15) is 46.9 Å². The lowest BCUT2D eigenvalue weighted by atomic mass is 9.86. The van der Waals surface area contributed by atoms with Crippen LogP contribution in [0.2, 0.25) is 0 Å². The van der Waals surface area contributed by atoms with E-state index in [0.717, 1.165) is 23.1 Å². The second kappa shape index (κ2) is 6.41. The maximum absolute atomic E-state index is 13.4. The molecule has 0 aliphatic rings. The molecule has 0 fully saturated rings. The molecular weight excluding hydrogens is 271 g/mol. The summed E-state index contributed by atoms with van der Waals surface area (Å²) >= 11 is 6.75. The summed E-state index contributed by atoms with van der Waals surface area (Å²) in [6.45, 7) is 6.00. The van der Waals surface area contributed by atoms with Crippen LogP contribution < -0.4 is 0 Å². The van der Waals surface area contributed by atoms with Gasteiger partial charge in [-0.1, -0.05) is 37.3 Å². The van der Waals surface area contributed by atoms with Crippen LogP contribution in [0.3, 0.4) is 0 Å². The first-order valence-corrected chi connectivity index (χ1v) is 7.44. The molecule has 0 bridgehead atoms.